The van der Waals surface area contributed by atoms with Gasteiger partial charge in [-0.3, -0.25) is 0 Å². The molecule has 0 amide bonds. The van der Waals surface area contributed by atoms with Crippen LogP contribution in [0.1, 0.15) is 0 Å². The average Bonchev–Trinajstić information content (AvgIpc) is 4.20. The van der Waals surface area contributed by atoms with Gasteiger partial charge in [-0.25, -0.2) is 0 Å². The van der Waals surface area contributed by atoms with E-state index in [1.165, 1.54) is 86.3 Å². The lowest BCUT2D eigenvalue weighted by atomic mass is 9.98. The van der Waals surface area contributed by atoms with Crippen LogP contribution in [-0.2, 0) is 0 Å². The van der Waals surface area contributed by atoms with Crippen molar-refractivity contribution < 1.29 is 0 Å². The molecule has 0 aliphatic carbocycles. The molecular weight excluding hydrogens is 935 g/mol. The monoisotopic (exact) mass is 983 g/mol. The summed E-state index contributed by atoms with van der Waals surface area (Å²) in [5, 5.41) is 12.9. The first-order valence-electron chi connectivity index (χ1n) is 26.2. The highest BCUT2D eigenvalue weighted by atomic mass is 28.3. The molecule has 0 aliphatic heterocycles. The Labute approximate surface area is 442 Å². The van der Waals surface area contributed by atoms with Crippen LogP contribution in [-0.4, -0.2) is 21.8 Å². The van der Waals surface area contributed by atoms with Gasteiger partial charge in [0.25, 0.3) is 0 Å². The molecule has 3 nitrogen and oxygen atoms in total. The highest BCUT2D eigenvalue weighted by Crippen LogP contribution is 2.40. The van der Waals surface area contributed by atoms with Crippen LogP contribution in [0.4, 0.5) is 0 Å². The smallest absolute Gasteiger partial charge is 0.179 e. The lowest BCUT2D eigenvalue weighted by Crippen LogP contribution is -2.74. The number of hydrogen-bond acceptors (Lipinski definition) is 0. The molecule has 4 heteroatoms. The van der Waals surface area contributed by atoms with Crippen molar-refractivity contribution in [2.24, 2.45) is 0 Å². The van der Waals surface area contributed by atoms with Crippen LogP contribution < -0.4 is 20.7 Å². The second-order valence-electron chi connectivity index (χ2n) is 20.0. The Morgan fingerprint density at radius 1 is 0.184 bits per heavy atom. The van der Waals surface area contributed by atoms with Crippen molar-refractivity contribution in [1.29, 1.82) is 0 Å². The Balaban J connectivity index is 0.915. The number of hydrogen-bond donors (Lipinski definition) is 0. The van der Waals surface area contributed by atoms with Crippen LogP contribution in [0.5, 0.6) is 0 Å². The maximum atomic E-state index is 2.48. The summed E-state index contributed by atoms with van der Waals surface area (Å²) in [6.45, 7) is 0. The van der Waals surface area contributed by atoms with Crippen LogP contribution in [0.15, 0.2) is 297 Å². The third kappa shape index (κ3) is 6.81. The van der Waals surface area contributed by atoms with Crippen molar-refractivity contribution in [2.75, 3.05) is 0 Å². The molecule has 15 rings (SSSR count). The van der Waals surface area contributed by atoms with E-state index in [2.05, 4.69) is 311 Å². The standard InChI is InChI=1S/C72H49N3Si/c1-4-23-57(24-5-1)76(58-25-6-2-7-26-58,59-27-8-3-9-28-59)60-42-39-50(40-43-60)51-21-20-22-52(45-51)53-46-55(74-69-36-17-12-31-63(69)64-32-13-18-37-70(64)74)48-56(47-53)75-71-38-19-14-33-65(71)66-49-54(41-44-72(66)75)73-67-34-15-10-29-61(67)62-30-11-16-35-68(62)73/h1-49H. The summed E-state index contributed by atoms with van der Waals surface area (Å²) in [7, 11) is -2.68. The van der Waals surface area contributed by atoms with Gasteiger partial charge in [0, 0.05) is 49.4 Å². The van der Waals surface area contributed by atoms with Gasteiger partial charge in [-0.15, -0.1) is 0 Å². The zero-order chi connectivity index (χ0) is 50.2. The fourth-order valence-corrected chi connectivity index (χ4v) is 17.4. The molecule has 76 heavy (non-hydrogen) atoms. The summed E-state index contributed by atoms with van der Waals surface area (Å²) >= 11 is 0. The number of fused-ring (bicyclic) bond motifs is 9. The zero-order valence-electron chi connectivity index (χ0n) is 41.6. The van der Waals surface area contributed by atoms with Gasteiger partial charge in [0.2, 0.25) is 0 Å². The number of aromatic nitrogens is 3. The molecular formula is C72H49N3Si. The van der Waals surface area contributed by atoms with Crippen molar-refractivity contribution in [3.63, 3.8) is 0 Å². The van der Waals surface area contributed by atoms with Gasteiger partial charge in [0.1, 0.15) is 0 Å². The highest BCUT2D eigenvalue weighted by Gasteiger charge is 2.41. The van der Waals surface area contributed by atoms with Gasteiger partial charge in [-0.1, -0.05) is 224 Å². The minimum atomic E-state index is -2.68. The lowest BCUT2D eigenvalue weighted by molar-refractivity contribution is 1.13. The minimum absolute atomic E-state index is 1.10. The van der Waals surface area contributed by atoms with Gasteiger partial charge in [0.05, 0.1) is 33.1 Å². The Hall–Kier alpha value is -9.74. The Bertz CT molecular complexity index is 4480. The molecule has 0 fully saturated rings. The molecule has 0 saturated heterocycles. The number of benzene rings is 12. The quantitative estimate of drug-likeness (QED) is 0.101. The molecule has 12 aromatic carbocycles. The predicted octanol–water partition coefficient (Wildman–Crippen LogP) is 15.7. The van der Waals surface area contributed by atoms with Crippen molar-refractivity contribution in [2.45, 2.75) is 0 Å². The van der Waals surface area contributed by atoms with Gasteiger partial charge >= 0.3 is 0 Å². The van der Waals surface area contributed by atoms with Crippen molar-refractivity contribution in [1.82, 2.24) is 13.7 Å². The summed E-state index contributed by atoms with van der Waals surface area (Å²) in [5.74, 6) is 0. The predicted molar refractivity (Wildman–Crippen MR) is 324 cm³/mol. The fraction of sp³-hybridized carbons (Fsp3) is 0. The maximum absolute atomic E-state index is 2.68. The molecule has 0 bridgehead atoms. The van der Waals surface area contributed by atoms with Gasteiger partial charge in [-0.2, -0.15) is 0 Å². The summed E-state index contributed by atoms with van der Waals surface area (Å²) in [4.78, 5) is 0. The second kappa shape index (κ2) is 17.7. The lowest BCUT2D eigenvalue weighted by Gasteiger charge is -2.34. The second-order valence-corrected chi connectivity index (χ2v) is 23.8. The molecule has 356 valence electrons. The Kier molecular flexibility index (Phi) is 10.2. The maximum Gasteiger partial charge on any atom is 0.179 e. The van der Waals surface area contributed by atoms with E-state index in [4.69, 9.17) is 0 Å². The Morgan fingerprint density at radius 2 is 0.526 bits per heavy atom. The zero-order valence-corrected chi connectivity index (χ0v) is 42.6. The fourth-order valence-electron chi connectivity index (χ4n) is 12.7. The molecule has 15 aromatic rings. The molecule has 0 unspecified atom stereocenters. The summed E-state index contributed by atoms with van der Waals surface area (Å²) < 4.78 is 7.36. The molecule has 0 spiro atoms. The third-order valence-electron chi connectivity index (χ3n) is 16.0. The van der Waals surface area contributed by atoms with Crippen LogP contribution in [0.3, 0.4) is 0 Å². The average molecular weight is 984 g/mol. The van der Waals surface area contributed by atoms with E-state index in [9.17, 15) is 0 Å². The van der Waals surface area contributed by atoms with E-state index in [0.29, 0.717) is 0 Å². The van der Waals surface area contributed by atoms with E-state index in [1.54, 1.807) is 0 Å². The molecule has 3 aromatic heterocycles. The molecule has 0 radical (unpaired) electrons. The van der Waals surface area contributed by atoms with Gasteiger partial charge in [-0.05, 0) is 116 Å². The van der Waals surface area contributed by atoms with Gasteiger partial charge in [0.15, 0.2) is 8.07 Å². The van der Waals surface area contributed by atoms with E-state index in [1.807, 2.05) is 0 Å². The van der Waals surface area contributed by atoms with E-state index in [-0.39, 0.29) is 0 Å². The molecule has 3 heterocycles. The van der Waals surface area contributed by atoms with Crippen molar-refractivity contribution in [3.8, 4) is 39.3 Å². The topological polar surface area (TPSA) is 14.8 Å². The third-order valence-corrected chi connectivity index (χ3v) is 20.8. The normalized spacial score (nSPS) is 11.9. The first kappa shape index (κ1) is 43.8. The number of nitrogens with zero attached hydrogens (tertiary/aromatic N) is 3. The first-order chi connectivity index (χ1) is 37.7. The molecule has 0 atom stereocenters. The molecule has 0 N–H and O–H groups in total. The van der Waals surface area contributed by atoms with Crippen molar-refractivity contribution >= 4 is 94.2 Å². The summed E-state index contributed by atoms with van der Waals surface area (Å²) in [6, 6.07) is 110. The highest BCUT2D eigenvalue weighted by molar-refractivity contribution is 7.19. The number of para-hydroxylation sites is 5. The minimum Gasteiger partial charge on any atom is -0.309 e. The van der Waals surface area contributed by atoms with Crippen LogP contribution in [0.25, 0.3) is 105 Å². The van der Waals surface area contributed by atoms with Crippen LogP contribution >= 0.6 is 0 Å². The first-order valence-corrected chi connectivity index (χ1v) is 28.2. The Morgan fingerprint density at radius 3 is 0.961 bits per heavy atom. The van der Waals surface area contributed by atoms with E-state index >= 15 is 0 Å². The number of rotatable bonds is 9. The SMILES string of the molecule is c1ccc([Si](c2ccccc2)(c2ccccc2)c2ccc(-c3cccc(-c4cc(-n5c6ccccc6c6ccccc65)cc(-n5c6ccccc6c6cc(-n7c8ccccc8c8ccccc87)ccc65)c4)c3)cc2)cc1. The molecule has 0 aliphatic rings. The summed E-state index contributed by atoms with van der Waals surface area (Å²) in [6.07, 6.45) is 0. The van der Waals surface area contributed by atoms with Crippen molar-refractivity contribution in [3.05, 3.63) is 297 Å². The van der Waals surface area contributed by atoms with Crippen LogP contribution in [0, 0.1) is 0 Å². The van der Waals surface area contributed by atoms with E-state index < -0.39 is 8.07 Å². The molecule has 0 saturated carbocycles. The van der Waals surface area contributed by atoms with E-state index in [0.717, 1.165) is 39.2 Å². The van der Waals surface area contributed by atoms with Gasteiger partial charge < -0.3 is 13.7 Å². The largest absolute Gasteiger partial charge is 0.309 e. The summed E-state index contributed by atoms with van der Waals surface area (Å²) in [5.41, 5.74) is 15.1. The van der Waals surface area contributed by atoms with Crippen LogP contribution in [0.2, 0.25) is 0 Å².